The molecule has 0 bridgehead atoms. The van der Waals surface area contributed by atoms with Gasteiger partial charge in [-0.05, 0) is 17.0 Å². The maximum absolute atomic E-state index is 11.7. The van der Waals surface area contributed by atoms with Crippen molar-refractivity contribution in [3.8, 4) is 6.07 Å². The molecule has 86 valence electrons. The van der Waals surface area contributed by atoms with Crippen LogP contribution in [0.25, 0.3) is 0 Å². The van der Waals surface area contributed by atoms with Crippen molar-refractivity contribution in [2.45, 2.75) is 26.2 Å². The molecule has 0 spiro atoms. The van der Waals surface area contributed by atoms with Gasteiger partial charge in [0.1, 0.15) is 6.07 Å². The zero-order valence-electron chi connectivity index (χ0n) is 9.92. The Kier molecular flexibility index (Phi) is 2.28. The van der Waals surface area contributed by atoms with E-state index in [1.807, 2.05) is 26.8 Å². The molecule has 1 heterocycles. The average Bonchev–Trinajstić information content (AvgIpc) is 2.52. The number of nitrogens with zero attached hydrogens (tertiary/aromatic N) is 1. The molecule has 4 nitrogen and oxygen atoms in total. The Labute approximate surface area is 99.2 Å². The molecule has 1 aliphatic heterocycles. The Morgan fingerprint density at radius 1 is 1.18 bits per heavy atom. The van der Waals surface area contributed by atoms with Crippen molar-refractivity contribution in [2.75, 3.05) is 0 Å². The van der Waals surface area contributed by atoms with Crippen LogP contribution in [-0.2, 0) is 5.41 Å². The number of nitrogens with one attached hydrogen (secondary N) is 1. The van der Waals surface area contributed by atoms with E-state index in [1.54, 1.807) is 12.1 Å². The number of hydrogen-bond acceptors (Lipinski definition) is 3. The molecule has 0 aliphatic carbocycles. The zero-order valence-corrected chi connectivity index (χ0v) is 9.92. The molecule has 0 saturated heterocycles. The van der Waals surface area contributed by atoms with Crippen LogP contribution in [0.5, 0.6) is 0 Å². The molecular weight excluding hydrogens is 216 g/mol. The maximum atomic E-state index is 11.7. The highest BCUT2D eigenvalue weighted by Gasteiger charge is 2.33. The highest BCUT2D eigenvalue weighted by Crippen LogP contribution is 2.31. The third-order valence-corrected chi connectivity index (χ3v) is 2.82. The lowest BCUT2D eigenvalue weighted by Gasteiger charge is -2.21. The summed E-state index contributed by atoms with van der Waals surface area (Å²) >= 11 is 0. The first-order chi connectivity index (χ1) is 7.86. The van der Waals surface area contributed by atoms with Gasteiger partial charge in [-0.25, -0.2) is 0 Å². The number of carbonyl (C=O) groups is 2. The number of benzene rings is 1. The van der Waals surface area contributed by atoms with Crippen molar-refractivity contribution in [3.63, 3.8) is 0 Å². The van der Waals surface area contributed by atoms with Gasteiger partial charge in [0.15, 0.2) is 0 Å². The van der Waals surface area contributed by atoms with Gasteiger partial charge in [-0.15, -0.1) is 0 Å². The largest absolute Gasteiger partial charge is 0.288 e. The molecule has 0 radical (unpaired) electrons. The lowest BCUT2D eigenvalue weighted by Crippen LogP contribution is -2.20. The standard InChI is InChI=1S/C13H12N2O2/c1-13(2,3)9-5-4-7-10(8(9)6-14)12(17)15-11(7)16/h4-5H,1-3H3,(H,15,16,17). The van der Waals surface area contributed by atoms with Crippen LogP contribution in [-0.4, -0.2) is 11.8 Å². The molecule has 1 aromatic rings. The predicted molar refractivity (Wildman–Crippen MR) is 61.7 cm³/mol. The summed E-state index contributed by atoms with van der Waals surface area (Å²) in [7, 11) is 0. The lowest BCUT2D eigenvalue weighted by molar-refractivity contribution is 0.0879. The summed E-state index contributed by atoms with van der Waals surface area (Å²) in [5.74, 6) is -0.908. The summed E-state index contributed by atoms with van der Waals surface area (Å²) in [5.41, 5.74) is 1.35. The van der Waals surface area contributed by atoms with Crippen LogP contribution in [0.2, 0.25) is 0 Å². The molecule has 2 rings (SSSR count). The molecule has 0 aromatic heterocycles. The average molecular weight is 228 g/mol. The summed E-state index contributed by atoms with van der Waals surface area (Å²) in [6.45, 7) is 5.89. The highest BCUT2D eigenvalue weighted by atomic mass is 16.2. The van der Waals surface area contributed by atoms with Gasteiger partial charge in [0.05, 0.1) is 16.7 Å². The fraction of sp³-hybridized carbons (Fsp3) is 0.308. The molecular formula is C13H12N2O2. The number of imide groups is 1. The van der Waals surface area contributed by atoms with Crippen LogP contribution in [0.3, 0.4) is 0 Å². The summed E-state index contributed by atoms with van der Waals surface area (Å²) in [5, 5.41) is 11.4. The van der Waals surface area contributed by atoms with E-state index < -0.39 is 11.8 Å². The van der Waals surface area contributed by atoms with E-state index in [2.05, 4.69) is 5.32 Å². The lowest BCUT2D eigenvalue weighted by atomic mass is 9.81. The van der Waals surface area contributed by atoms with Crippen molar-refractivity contribution in [2.24, 2.45) is 0 Å². The molecule has 4 heteroatoms. The topological polar surface area (TPSA) is 70.0 Å². The van der Waals surface area contributed by atoms with E-state index in [0.29, 0.717) is 11.1 Å². The van der Waals surface area contributed by atoms with Gasteiger partial charge in [-0.2, -0.15) is 5.26 Å². The van der Waals surface area contributed by atoms with E-state index in [9.17, 15) is 14.9 Å². The van der Waals surface area contributed by atoms with E-state index in [0.717, 1.165) is 5.56 Å². The molecule has 2 amide bonds. The SMILES string of the molecule is CC(C)(C)c1ccc2c(c1C#N)C(=O)NC2=O. The first-order valence-corrected chi connectivity index (χ1v) is 5.29. The third kappa shape index (κ3) is 1.60. The van der Waals surface area contributed by atoms with E-state index >= 15 is 0 Å². The smallest absolute Gasteiger partial charge is 0.260 e. The van der Waals surface area contributed by atoms with Crippen molar-refractivity contribution < 1.29 is 9.59 Å². The van der Waals surface area contributed by atoms with Gasteiger partial charge in [0, 0.05) is 0 Å². The van der Waals surface area contributed by atoms with Gasteiger partial charge in [-0.3, -0.25) is 14.9 Å². The zero-order chi connectivity index (χ0) is 12.8. The highest BCUT2D eigenvalue weighted by molar-refractivity contribution is 6.22. The molecule has 0 unspecified atom stereocenters. The number of rotatable bonds is 0. The predicted octanol–water partition coefficient (Wildman–Crippen LogP) is 1.74. The van der Waals surface area contributed by atoms with Gasteiger partial charge in [-0.1, -0.05) is 26.8 Å². The number of fused-ring (bicyclic) bond motifs is 1. The molecule has 17 heavy (non-hydrogen) atoms. The minimum atomic E-state index is -0.479. The van der Waals surface area contributed by atoms with Crippen LogP contribution in [0.1, 0.15) is 52.6 Å². The molecule has 0 fully saturated rings. The molecule has 1 N–H and O–H groups in total. The minimum absolute atomic E-state index is 0.213. The Bertz CT molecular complexity index is 574. The minimum Gasteiger partial charge on any atom is -0.288 e. The second kappa shape index (κ2) is 3.42. The number of carbonyl (C=O) groups excluding carboxylic acids is 2. The van der Waals surface area contributed by atoms with Crippen molar-refractivity contribution >= 4 is 11.8 Å². The second-order valence-electron chi connectivity index (χ2n) is 5.06. The Balaban J connectivity index is 2.80. The molecule has 1 aromatic carbocycles. The molecule has 1 aliphatic rings. The Morgan fingerprint density at radius 2 is 1.82 bits per heavy atom. The van der Waals surface area contributed by atoms with Crippen molar-refractivity contribution in [1.82, 2.24) is 5.32 Å². The van der Waals surface area contributed by atoms with E-state index in [4.69, 9.17) is 0 Å². The summed E-state index contributed by atoms with van der Waals surface area (Å²) in [4.78, 5) is 23.1. The van der Waals surface area contributed by atoms with Crippen LogP contribution < -0.4 is 5.32 Å². The maximum Gasteiger partial charge on any atom is 0.260 e. The Hall–Kier alpha value is -2.15. The fourth-order valence-electron chi connectivity index (χ4n) is 2.00. The van der Waals surface area contributed by atoms with E-state index in [1.165, 1.54) is 0 Å². The van der Waals surface area contributed by atoms with Crippen molar-refractivity contribution in [1.29, 1.82) is 5.26 Å². The van der Waals surface area contributed by atoms with Gasteiger partial charge >= 0.3 is 0 Å². The third-order valence-electron chi connectivity index (χ3n) is 2.82. The quantitative estimate of drug-likeness (QED) is 0.687. The van der Waals surface area contributed by atoms with Crippen molar-refractivity contribution in [3.05, 3.63) is 34.4 Å². The molecule has 0 atom stereocenters. The van der Waals surface area contributed by atoms with Crippen LogP contribution >= 0.6 is 0 Å². The van der Waals surface area contributed by atoms with Gasteiger partial charge < -0.3 is 0 Å². The van der Waals surface area contributed by atoms with Gasteiger partial charge in [0.25, 0.3) is 11.8 Å². The van der Waals surface area contributed by atoms with Crippen LogP contribution in [0.4, 0.5) is 0 Å². The first-order valence-electron chi connectivity index (χ1n) is 5.29. The summed E-state index contributed by atoms with van der Waals surface area (Å²) in [6, 6.07) is 5.39. The molecule has 0 saturated carbocycles. The number of nitriles is 1. The fourth-order valence-corrected chi connectivity index (χ4v) is 2.00. The summed E-state index contributed by atoms with van der Waals surface area (Å²) < 4.78 is 0. The normalized spacial score (nSPS) is 14.2. The Morgan fingerprint density at radius 3 is 2.35 bits per heavy atom. The van der Waals surface area contributed by atoms with E-state index in [-0.39, 0.29) is 11.0 Å². The number of amides is 2. The number of hydrogen-bond donors (Lipinski definition) is 1. The first kappa shape index (κ1) is 11.3. The summed E-state index contributed by atoms with van der Waals surface area (Å²) in [6.07, 6.45) is 0. The second-order valence-corrected chi connectivity index (χ2v) is 5.06. The van der Waals surface area contributed by atoms with Crippen LogP contribution in [0, 0.1) is 11.3 Å². The van der Waals surface area contributed by atoms with Gasteiger partial charge in [0.2, 0.25) is 0 Å². The monoisotopic (exact) mass is 228 g/mol. The van der Waals surface area contributed by atoms with Crippen LogP contribution in [0.15, 0.2) is 12.1 Å².